The standard InChI is InChI=1S/C15H11ClN4O/c16-11-6-7-12-13(8-11)18-14(21)15(12,19-20-17)9-10-4-2-1-3-5-10/h1-8H,9H2,(H,18,21). The first kappa shape index (κ1) is 13.5. The Balaban J connectivity index is 2.14. The lowest BCUT2D eigenvalue weighted by Gasteiger charge is -2.21. The van der Waals surface area contributed by atoms with E-state index in [0.717, 1.165) is 5.56 Å². The highest BCUT2D eigenvalue weighted by atomic mass is 35.5. The maximum absolute atomic E-state index is 12.4. The van der Waals surface area contributed by atoms with Crippen LogP contribution < -0.4 is 5.32 Å². The van der Waals surface area contributed by atoms with Crippen molar-refractivity contribution in [3.63, 3.8) is 0 Å². The van der Waals surface area contributed by atoms with E-state index in [9.17, 15) is 4.79 Å². The molecular formula is C15H11ClN4O. The molecule has 1 atom stereocenters. The number of nitrogens with one attached hydrogen (secondary N) is 1. The van der Waals surface area contributed by atoms with Gasteiger partial charge in [0.05, 0.1) is 0 Å². The molecule has 1 aliphatic rings. The Kier molecular flexibility index (Phi) is 3.29. The molecule has 1 unspecified atom stereocenters. The van der Waals surface area contributed by atoms with Gasteiger partial charge in [-0.1, -0.05) is 53.1 Å². The molecule has 5 nitrogen and oxygen atoms in total. The predicted octanol–water partition coefficient (Wildman–Crippen LogP) is 4.04. The predicted molar refractivity (Wildman–Crippen MR) is 81.1 cm³/mol. The van der Waals surface area contributed by atoms with Crippen molar-refractivity contribution in [3.8, 4) is 0 Å². The third-order valence-corrected chi connectivity index (χ3v) is 3.80. The molecule has 1 N–H and O–H groups in total. The largest absolute Gasteiger partial charge is 0.325 e. The molecule has 0 fully saturated rings. The third kappa shape index (κ3) is 2.23. The summed E-state index contributed by atoms with van der Waals surface area (Å²) in [6.45, 7) is 0. The summed E-state index contributed by atoms with van der Waals surface area (Å²) in [5.74, 6) is -0.332. The quantitative estimate of drug-likeness (QED) is 0.518. The van der Waals surface area contributed by atoms with E-state index in [1.807, 2.05) is 30.3 Å². The van der Waals surface area contributed by atoms with E-state index in [1.165, 1.54) is 0 Å². The number of halogens is 1. The average molecular weight is 299 g/mol. The Morgan fingerprint density at radius 1 is 1.24 bits per heavy atom. The van der Waals surface area contributed by atoms with Gasteiger partial charge < -0.3 is 5.32 Å². The molecule has 0 aliphatic carbocycles. The molecule has 0 bridgehead atoms. The Morgan fingerprint density at radius 2 is 2.00 bits per heavy atom. The summed E-state index contributed by atoms with van der Waals surface area (Å²) in [5, 5.41) is 7.09. The molecule has 2 aromatic carbocycles. The number of amides is 1. The van der Waals surface area contributed by atoms with Gasteiger partial charge in [-0.15, -0.1) is 0 Å². The topological polar surface area (TPSA) is 77.9 Å². The number of nitrogens with zero attached hydrogens (tertiary/aromatic N) is 3. The fraction of sp³-hybridized carbons (Fsp3) is 0.133. The van der Waals surface area contributed by atoms with Crippen LogP contribution in [0.3, 0.4) is 0 Å². The summed E-state index contributed by atoms with van der Waals surface area (Å²) in [7, 11) is 0. The number of azide groups is 1. The van der Waals surface area contributed by atoms with Gasteiger partial charge in [-0.25, -0.2) is 0 Å². The van der Waals surface area contributed by atoms with Crippen molar-refractivity contribution in [2.75, 3.05) is 5.32 Å². The maximum Gasteiger partial charge on any atom is 0.241 e. The molecule has 1 amide bonds. The highest BCUT2D eigenvalue weighted by Crippen LogP contribution is 2.42. The molecular weight excluding hydrogens is 288 g/mol. The molecule has 2 aromatic rings. The van der Waals surface area contributed by atoms with Crippen LogP contribution in [-0.4, -0.2) is 5.91 Å². The summed E-state index contributed by atoms with van der Waals surface area (Å²) in [6.07, 6.45) is 0.304. The molecule has 6 heteroatoms. The second-order valence-corrected chi connectivity index (χ2v) is 5.29. The zero-order valence-electron chi connectivity index (χ0n) is 11.0. The summed E-state index contributed by atoms with van der Waals surface area (Å²) < 4.78 is 0. The number of hydrogen-bond donors (Lipinski definition) is 1. The number of fused-ring (bicyclic) bond motifs is 1. The molecule has 1 heterocycles. The van der Waals surface area contributed by atoms with Crippen molar-refractivity contribution >= 4 is 23.2 Å². The monoisotopic (exact) mass is 298 g/mol. The van der Waals surface area contributed by atoms with Crippen molar-refractivity contribution < 1.29 is 4.79 Å². The number of hydrogen-bond acceptors (Lipinski definition) is 2. The van der Waals surface area contributed by atoms with Crippen LogP contribution in [0, 0.1) is 0 Å². The Hall–Kier alpha value is -2.49. The van der Waals surface area contributed by atoms with Gasteiger partial charge in [-0.05, 0) is 35.2 Å². The highest BCUT2D eigenvalue weighted by molar-refractivity contribution is 6.31. The average Bonchev–Trinajstić information content (AvgIpc) is 2.72. The zero-order valence-corrected chi connectivity index (χ0v) is 11.7. The van der Waals surface area contributed by atoms with Crippen LogP contribution in [-0.2, 0) is 16.8 Å². The first-order valence-corrected chi connectivity index (χ1v) is 6.75. The molecule has 0 spiro atoms. The number of rotatable bonds is 3. The van der Waals surface area contributed by atoms with Gasteiger partial charge in [-0.3, -0.25) is 4.79 Å². The van der Waals surface area contributed by atoms with E-state index in [1.54, 1.807) is 18.2 Å². The van der Waals surface area contributed by atoms with E-state index < -0.39 is 5.54 Å². The van der Waals surface area contributed by atoms with Crippen molar-refractivity contribution in [1.29, 1.82) is 0 Å². The summed E-state index contributed by atoms with van der Waals surface area (Å²) in [5.41, 5.74) is 9.82. The summed E-state index contributed by atoms with van der Waals surface area (Å²) >= 11 is 5.95. The Bertz CT molecular complexity index is 756. The van der Waals surface area contributed by atoms with Crippen LogP contribution in [0.15, 0.2) is 53.6 Å². The van der Waals surface area contributed by atoms with Gasteiger partial charge in [0.2, 0.25) is 5.91 Å². The first-order chi connectivity index (χ1) is 10.2. The van der Waals surface area contributed by atoms with Crippen LogP contribution >= 0.6 is 11.6 Å². The first-order valence-electron chi connectivity index (χ1n) is 6.37. The van der Waals surface area contributed by atoms with Crippen LogP contribution in [0.25, 0.3) is 10.4 Å². The van der Waals surface area contributed by atoms with E-state index in [0.29, 0.717) is 22.7 Å². The Morgan fingerprint density at radius 3 is 2.71 bits per heavy atom. The molecule has 0 aromatic heterocycles. The van der Waals surface area contributed by atoms with Crippen molar-refractivity contribution in [2.24, 2.45) is 5.11 Å². The minimum atomic E-state index is -1.27. The van der Waals surface area contributed by atoms with E-state index >= 15 is 0 Å². The molecule has 0 radical (unpaired) electrons. The zero-order chi connectivity index (χ0) is 14.9. The second-order valence-electron chi connectivity index (χ2n) is 4.86. The van der Waals surface area contributed by atoms with Crippen LogP contribution in [0.5, 0.6) is 0 Å². The SMILES string of the molecule is [N-]=[N+]=NC1(Cc2ccccc2)C(=O)Nc2cc(Cl)ccc21. The lowest BCUT2D eigenvalue weighted by molar-refractivity contribution is -0.120. The van der Waals surface area contributed by atoms with Gasteiger partial charge >= 0.3 is 0 Å². The number of benzene rings is 2. The second kappa shape index (κ2) is 5.13. The molecule has 1 aliphatic heterocycles. The number of carbonyl (C=O) groups excluding carboxylic acids is 1. The van der Waals surface area contributed by atoms with Crippen molar-refractivity contribution in [2.45, 2.75) is 12.0 Å². The minimum Gasteiger partial charge on any atom is -0.325 e. The number of carbonyl (C=O) groups is 1. The third-order valence-electron chi connectivity index (χ3n) is 3.57. The van der Waals surface area contributed by atoms with Gasteiger partial charge in [0.25, 0.3) is 0 Å². The van der Waals surface area contributed by atoms with Crippen LogP contribution in [0.2, 0.25) is 5.02 Å². The smallest absolute Gasteiger partial charge is 0.241 e. The fourth-order valence-corrected chi connectivity index (χ4v) is 2.78. The van der Waals surface area contributed by atoms with Crippen molar-refractivity contribution in [3.05, 3.63) is 75.1 Å². The number of anilines is 1. The normalized spacial score (nSPS) is 19.6. The molecule has 0 saturated heterocycles. The van der Waals surface area contributed by atoms with Crippen molar-refractivity contribution in [1.82, 2.24) is 0 Å². The van der Waals surface area contributed by atoms with Gasteiger partial charge in [0.15, 0.2) is 5.54 Å². The van der Waals surface area contributed by atoms with Gasteiger partial charge in [0.1, 0.15) is 0 Å². The highest BCUT2D eigenvalue weighted by Gasteiger charge is 2.46. The maximum atomic E-state index is 12.4. The molecule has 0 saturated carbocycles. The lowest BCUT2D eigenvalue weighted by Crippen LogP contribution is -2.34. The van der Waals surface area contributed by atoms with E-state index in [4.69, 9.17) is 17.1 Å². The summed E-state index contributed by atoms with van der Waals surface area (Å²) in [6, 6.07) is 14.5. The van der Waals surface area contributed by atoms with Crippen LogP contribution in [0.1, 0.15) is 11.1 Å². The summed E-state index contributed by atoms with van der Waals surface area (Å²) in [4.78, 5) is 15.3. The van der Waals surface area contributed by atoms with Gasteiger partial charge in [0, 0.05) is 15.6 Å². The molecule has 104 valence electrons. The van der Waals surface area contributed by atoms with Crippen LogP contribution in [0.4, 0.5) is 5.69 Å². The minimum absolute atomic E-state index is 0.304. The lowest BCUT2D eigenvalue weighted by atomic mass is 9.86. The molecule has 3 rings (SSSR count). The molecule has 21 heavy (non-hydrogen) atoms. The fourth-order valence-electron chi connectivity index (χ4n) is 2.61. The Labute approximate surface area is 126 Å². The van der Waals surface area contributed by atoms with E-state index in [2.05, 4.69) is 15.3 Å². The van der Waals surface area contributed by atoms with E-state index in [-0.39, 0.29) is 5.91 Å². The van der Waals surface area contributed by atoms with Gasteiger partial charge in [-0.2, -0.15) is 0 Å².